The molecule has 9 heteroatoms. The lowest BCUT2D eigenvalue weighted by Gasteiger charge is -2.09. The van der Waals surface area contributed by atoms with Crippen molar-refractivity contribution in [3.05, 3.63) is 115 Å². The lowest BCUT2D eigenvalue weighted by atomic mass is 10.2. The number of amides is 1. The van der Waals surface area contributed by atoms with E-state index >= 15 is 0 Å². The van der Waals surface area contributed by atoms with Crippen molar-refractivity contribution in [2.45, 2.75) is 10.9 Å². The van der Waals surface area contributed by atoms with Gasteiger partial charge in [-0.05, 0) is 54.6 Å². The second kappa shape index (κ2) is 10.6. The summed E-state index contributed by atoms with van der Waals surface area (Å²) in [6.45, 7) is 0. The molecule has 0 bridgehead atoms. The third-order valence-corrected chi connectivity index (χ3v) is 5.84. The molecule has 0 aliphatic carbocycles. The van der Waals surface area contributed by atoms with Crippen molar-refractivity contribution in [3.8, 4) is 17.2 Å². The number of carbonyl (C=O) groups is 1. The summed E-state index contributed by atoms with van der Waals surface area (Å²) < 4.78 is 7.48. The van der Waals surface area contributed by atoms with Crippen LogP contribution < -0.4 is 10.1 Å². The van der Waals surface area contributed by atoms with Gasteiger partial charge in [-0.15, -0.1) is 5.10 Å². The van der Waals surface area contributed by atoms with E-state index in [1.807, 2.05) is 60.7 Å². The highest BCUT2D eigenvalue weighted by Gasteiger charge is 2.21. The number of hydrogen-bond donors (Lipinski definition) is 1. The number of ether oxygens (including phenoxy) is 1. The van der Waals surface area contributed by atoms with Crippen molar-refractivity contribution in [3.63, 3.8) is 0 Å². The van der Waals surface area contributed by atoms with E-state index in [0.717, 1.165) is 11.4 Å². The van der Waals surface area contributed by atoms with E-state index in [9.17, 15) is 4.79 Å². The second-order valence-corrected chi connectivity index (χ2v) is 8.29. The number of para-hydroxylation sites is 2. The van der Waals surface area contributed by atoms with Gasteiger partial charge in [0.25, 0.3) is 5.91 Å². The number of nitrogens with one attached hydrogen (secondary N) is 1. The summed E-state index contributed by atoms with van der Waals surface area (Å²) in [7, 11) is 0. The fraction of sp³-hybridized carbons (Fsp3) is 0.0385. The van der Waals surface area contributed by atoms with Gasteiger partial charge in [0, 0.05) is 23.8 Å². The molecule has 0 aliphatic rings. The highest BCUT2D eigenvalue weighted by atomic mass is 32.2. The lowest BCUT2D eigenvalue weighted by Crippen LogP contribution is -2.15. The van der Waals surface area contributed by atoms with Gasteiger partial charge >= 0.3 is 0 Å². The van der Waals surface area contributed by atoms with Crippen molar-refractivity contribution < 1.29 is 9.53 Å². The van der Waals surface area contributed by atoms with E-state index in [1.54, 1.807) is 47.4 Å². The van der Waals surface area contributed by atoms with Crippen molar-refractivity contribution in [2.24, 2.45) is 0 Å². The molecule has 2 aromatic heterocycles. The molecular formula is C26H20N6O2S. The standard InChI is InChI=1S/C26H20N6O2S/c33-25(29-19-12-14-22(15-13-19)34-21-10-5-2-6-11-21)24-23(18-35-26-27-16-7-17-28-26)32(31-30-24)20-8-3-1-4-9-20/h1-17H,18H2,(H,29,33). The summed E-state index contributed by atoms with van der Waals surface area (Å²) in [5.74, 6) is 1.47. The van der Waals surface area contributed by atoms with E-state index < -0.39 is 0 Å². The van der Waals surface area contributed by atoms with Gasteiger partial charge in [0.15, 0.2) is 10.9 Å². The van der Waals surface area contributed by atoms with Crippen LogP contribution in [-0.2, 0) is 5.75 Å². The molecule has 1 N–H and O–H groups in total. The SMILES string of the molecule is O=C(Nc1ccc(Oc2ccccc2)cc1)c1nnn(-c2ccccc2)c1CSc1ncccn1. The fourth-order valence-corrected chi connectivity index (χ4v) is 4.09. The minimum atomic E-state index is -0.353. The van der Waals surface area contributed by atoms with Crippen molar-refractivity contribution in [1.82, 2.24) is 25.0 Å². The molecule has 8 nitrogen and oxygen atoms in total. The maximum Gasteiger partial charge on any atom is 0.278 e. The van der Waals surface area contributed by atoms with Crippen LogP contribution in [0.2, 0.25) is 0 Å². The summed E-state index contributed by atoms with van der Waals surface area (Å²) in [6, 6.07) is 28.0. The Labute approximate surface area is 206 Å². The highest BCUT2D eigenvalue weighted by Crippen LogP contribution is 2.25. The number of anilines is 1. The van der Waals surface area contributed by atoms with Crippen LogP contribution in [0.3, 0.4) is 0 Å². The average Bonchev–Trinajstić information content (AvgIpc) is 3.34. The highest BCUT2D eigenvalue weighted by molar-refractivity contribution is 7.98. The Hall–Kier alpha value is -4.50. The Bertz CT molecular complexity index is 1390. The van der Waals surface area contributed by atoms with Crippen molar-refractivity contribution >= 4 is 23.4 Å². The first-order chi connectivity index (χ1) is 17.3. The third kappa shape index (κ3) is 5.53. The predicted octanol–water partition coefficient (Wildman–Crippen LogP) is 5.39. The smallest absolute Gasteiger partial charge is 0.278 e. The van der Waals surface area contributed by atoms with Gasteiger partial charge in [-0.1, -0.05) is 53.4 Å². The minimum absolute atomic E-state index is 0.238. The van der Waals surface area contributed by atoms with Gasteiger partial charge in [-0.25, -0.2) is 14.6 Å². The van der Waals surface area contributed by atoms with Crippen LogP contribution in [0.1, 0.15) is 16.2 Å². The molecule has 0 aliphatic heterocycles. The topological polar surface area (TPSA) is 94.8 Å². The van der Waals surface area contributed by atoms with E-state index in [-0.39, 0.29) is 11.6 Å². The lowest BCUT2D eigenvalue weighted by molar-refractivity contribution is 0.102. The van der Waals surface area contributed by atoms with Gasteiger partial charge in [0.1, 0.15) is 11.5 Å². The maximum absolute atomic E-state index is 13.2. The molecule has 5 rings (SSSR count). The first kappa shape index (κ1) is 22.3. The molecule has 0 spiro atoms. The first-order valence-electron chi connectivity index (χ1n) is 10.8. The number of carbonyl (C=O) groups excluding carboxylic acids is 1. The van der Waals surface area contributed by atoms with Gasteiger partial charge in [-0.2, -0.15) is 0 Å². The van der Waals surface area contributed by atoms with E-state index in [2.05, 4.69) is 25.6 Å². The minimum Gasteiger partial charge on any atom is -0.457 e. The van der Waals surface area contributed by atoms with Gasteiger partial charge in [-0.3, -0.25) is 4.79 Å². The molecule has 2 heterocycles. The summed E-state index contributed by atoms with van der Waals surface area (Å²) in [5, 5.41) is 12.0. The van der Waals surface area contributed by atoms with E-state index in [4.69, 9.17) is 4.74 Å². The number of aromatic nitrogens is 5. The van der Waals surface area contributed by atoms with Gasteiger partial charge < -0.3 is 10.1 Å². The van der Waals surface area contributed by atoms with Crippen LogP contribution in [0.15, 0.2) is 109 Å². The molecule has 1 amide bonds. The van der Waals surface area contributed by atoms with Crippen LogP contribution in [-0.4, -0.2) is 30.9 Å². The molecule has 5 aromatic rings. The van der Waals surface area contributed by atoms with Crippen LogP contribution in [0.5, 0.6) is 11.5 Å². The molecule has 0 unspecified atom stereocenters. The average molecular weight is 481 g/mol. The Morgan fingerprint density at radius 2 is 1.49 bits per heavy atom. The Kier molecular flexibility index (Phi) is 6.77. The van der Waals surface area contributed by atoms with Crippen LogP contribution in [0.25, 0.3) is 5.69 Å². The third-order valence-electron chi connectivity index (χ3n) is 4.95. The zero-order chi connectivity index (χ0) is 23.9. The molecular weight excluding hydrogens is 460 g/mol. The largest absolute Gasteiger partial charge is 0.457 e. The molecule has 0 saturated carbocycles. The second-order valence-electron chi connectivity index (χ2n) is 7.35. The molecule has 0 atom stereocenters. The van der Waals surface area contributed by atoms with Gasteiger partial charge in [0.05, 0.1) is 11.4 Å². The molecule has 35 heavy (non-hydrogen) atoms. The summed E-state index contributed by atoms with van der Waals surface area (Å²) in [4.78, 5) is 21.7. The van der Waals surface area contributed by atoms with Crippen LogP contribution in [0, 0.1) is 0 Å². The number of benzene rings is 3. The Morgan fingerprint density at radius 1 is 0.829 bits per heavy atom. The zero-order valence-electron chi connectivity index (χ0n) is 18.5. The van der Waals surface area contributed by atoms with Gasteiger partial charge in [0.2, 0.25) is 0 Å². The van der Waals surface area contributed by atoms with Crippen molar-refractivity contribution in [1.29, 1.82) is 0 Å². The van der Waals surface area contributed by atoms with E-state index in [1.165, 1.54) is 11.8 Å². The zero-order valence-corrected chi connectivity index (χ0v) is 19.3. The number of thioether (sulfide) groups is 1. The number of hydrogen-bond acceptors (Lipinski definition) is 7. The summed E-state index contributed by atoms with van der Waals surface area (Å²) in [5.41, 5.74) is 2.32. The molecule has 3 aromatic carbocycles. The normalized spacial score (nSPS) is 10.6. The van der Waals surface area contributed by atoms with E-state index in [0.29, 0.717) is 28.0 Å². The Balaban J connectivity index is 1.35. The maximum atomic E-state index is 13.2. The molecule has 0 fully saturated rings. The summed E-state index contributed by atoms with van der Waals surface area (Å²) >= 11 is 1.41. The first-order valence-corrected chi connectivity index (χ1v) is 11.8. The molecule has 0 saturated heterocycles. The van der Waals surface area contributed by atoms with Crippen LogP contribution in [0.4, 0.5) is 5.69 Å². The quantitative estimate of drug-likeness (QED) is 0.235. The van der Waals surface area contributed by atoms with Crippen molar-refractivity contribution in [2.75, 3.05) is 5.32 Å². The summed E-state index contributed by atoms with van der Waals surface area (Å²) in [6.07, 6.45) is 3.36. The number of rotatable bonds is 8. The van der Waals surface area contributed by atoms with Crippen LogP contribution >= 0.6 is 11.8 Å². The monoisotopic (exact) mass is 480 g/mol. The fourth-order valence-electron chi connectivity index (χ4n) is 3.30. The molecule has 172 valence electrons. The Morgan fingerprint density at radius 3 is 2.20 bits per heavy atom. The molecule has 0 radical (unpaired) electrons. The number of nitrogens with zero attached hydrogens (tertiary/aromatic N) is 5. The predicted molar refractivity (Wildman–Crippen MR) is 134 cm³/mol.